The highest BCUT2D eigenvalue weighted by Gasteiger charge is 2.22. The van der Waals surface area contributed by atoms with Gasteiger partial charge < -0.3 is 14.2 Å². The molecule has 1 aromatic rings. The van der Waals surface area contributed by atoms with Crippen LogP contribution in [0.25, 0.3) is 0 Å². The summed E-state index contributed by atoms with van der Waals surface area (Å²) in [5.74, 6) is 0.130. The standard InChI is InChI=1S/C14H14N2O4/c1-18-8-13(17)16(14-9-19-10-20-14)7-12-4-2-11(6-15)3-5-12/h2-5,9H,7-8,10H2,1H3. The number of amides is 1. The number of hydrogen-bond acceptors (Lipinski definition) is 5. The monoisotopic (exact) mass is 274 g/mol. The summed E-state index contributed by atoms with van der Waals surface area (Å²) in [7, 11) is 1.46. The van der Waals surface area contributed by atoms with Gasteiger partial charge in [-0.1, -0.05) is 12.1 Å². The van der Waals surface area contributed by atoms with E-state index in [0.717, 1.165) is 5.56 Å². The van der Waals surface area contributed by atoms with Crippen LogP contribution in [0.3, 0.4) is 0 Å². The van der Waals surface area contributed by atoms with Crippen LogP contribution in [-0.2, 0) is 25.5 Å². The molecule has 0 saturated heterocycles. The SMILES string of the molecule is COCC(=O)N(Cc1ccc(C#N)cc1)C1=COCO1. The highest BCUT2D eigenvalue weighted by molar-refractivity contribution is 5.79. The highest BCUT2D eigenvalue weighted by atomic mass is 16.7. The predicted molar refractivity (Wildman–Crippen MR) is 68.7 cm³/mol. The van der Waals surface area contributed by atoms with Crippen LogP contribution in [-0.4, -0.2) is 31.3 Å². The Hall–Kier alpha value is -2.52. The van der Waals surface area contributed by atoms with Crippen molar-refractivity contribution in [2.45, 2.75) is 6.54 Å². The fourth-order valence-electron chi connectivity index (χ4n) is 1.73. The fourth-order valence-corrected chi connectivity index (χ4v) is 1.73. The molecular formula is C14H14N2O4. The zero-order valence-corrected chi connectivity index (χ0v) is 11.0. The second-order valence-electron chi connectivity index (χ2n) is 4.11. The fraction of sp³-hybridized carbons (Fsp3) is 0.286. The molecule has 0 atom stereocenters. The third kappa shape index (κ3) is 3.28. The summed E-state index contributed by atoms with van der Waals surface area (Å²) < 4.78 is 15.1. The van der Waals surface area contributed by atoms with Gasteiger partial charge in [-0.05, 0) is 17.7 Å². The molecule has 0 spiro atoms. The van der Waals surface area contributed by atoms with Gasteiger partial charge in [-0.3, -0.25) is 9.69 Å². The largest absolute Gasteiger partial charge is 0.459 e. The average molecular weight is 274 g/mol. The summed E-state index contributed by atoms with van der Waals surface area (Å²) in [5.41, 5.74) is 1.45. The third-order valence-electron chi connectivity index (χ3n) is 2.72. The van der Waals surface area contributed by atoms with Crippen LogP contribution >= 0.6 is 0 Å². The Morgan fingerprint density at radius 3 is 2.75 bits per heavy atom. The molecule has 6 heteroatoms. The van der Waals surface area contributed by atoms with Gasteiger partial charge in [-0.25, -0.2) is 0 Å². The maximum absolute atomic E-state index is 12.0. The molecule has 0 aromatic heterocycles. The Morgan fingerprint density at radius 2 is 2.20 bits per heavy atom. The van der Waals surface area contributed by atoms with Gasteiger partial charge in [0.1, 0.15) is 12.9 Å². The molecule has 6 nitrogen and oxygen atoms in total. The zero-order valence-electron chi connectivity index (χ0n) is 11.0. The van der Waals surface area contributed by atoms with E-state index in [9.17, 15) is 4.79 Å². The van der Waals surface area contributed by atoms with E-state index >= 15 is 0 Å². The number of methoxy groups -OCH3 is 1. The highest BCUT2D eigenvalue weighted by Crippen LogP contribution is 2.17. The molecule has 0 fully saturated rings. The van der Waals surface area contributed by atoms with E-state index < -0.39 is 0 Å². The molecule has 1 aliphatic rings. The molecule has 0 N–H and O–H groups in total. The van der Waals surface area contributed by atoms with Gasteiger partial charge in [0.25, 0.3) is 5.91 Å². The normalized spacial score (nSPS) is 12.9. The maximum Gasteiger partial charge on any atom is 0.255 e. The lowest BCUT2D eigenvalue weighted by molar-refractivity contribution is -0.136. The van der Waals surface area contributed by atoms with Gasteiger partial charge in [0.05, 0.1) is 18.2 Å². The maximum atomic E-state index is 12.0. The van der Waals surface area contributed by atoms with Crippen LogP contribution in [0.1, 0.15) is 11.1 Å². The van der Waals surface area contributed by atoms with Crippen LogP contribution in [0.2, 0.25) is 0 Å². The van der Waals surface area contributed by atoms with E-state index in [1.807, 2.05) is 6.07 Å². The molecule has 0 bridgehead atoms. The Balaban J connectivity index is 2.14. The van der Waals surface area contributed by atoms with Gasteiger partial charge >= 0.3 is 0 Å². The Kier molecular flexibility index (Phi) is 4.58. The lowest BCUT2D eigenvalue weighted by Gasteiger charge is -2.21. The molecular weight excluding hydrogens is 260 g/mol. The molecule has 0 saturated carbocycles. The number of ether oxygens (including phenoxy) is 3. The second-order valence-corrected chi connectivity index (χ2v) is 4.11. The number of carbonyl (C=O) groups is 1. The van der Waals surface area contributed by atoms with Gasteiger partial charge in [0.15, 0.2) is 0 Å². The lowest BCUT2D eigenvalue weighted by Crippen LogP contribution is -2.33. The van der Waals surface area contributed by atoms with Crippen LogP contribution in [0.5, 0.6) is 0 Å². The van der Waals surface area contributed by atoms with Crippen molar-refractivity contribution >= 4 is 5.91 Å². The zero-order chi connectivity index (χ0) is 14.4. The number of nitrogens with zero attached hydrogens (tertiary/aromatic N) is 2. The first-order valence-corrected chi connectivity index (χ1v) is 5.97. The van der Waals surface area contributed by atoms with Crippen molar-refractivity contribution in [3.05, 3.63) is 47.5 Å². The minimum atomic E-state index is -0.228. The Bertz CT molecular complexity index is 545. The number of benzene rings is 1. The summed E-state index contributed by atoms with van der Waals surface area (Å²) in [6.45, 7) is 0.375. The van der Waals surface area contributed by atoms with Crippen molar-refractivity contribution < 1.29 is 19.0 Å². The van der Waals surface area contributed by atoms with E-state index in [4.69, 9.17) is 19.5 Å². The van der Waals surface area contributed by atoms with Crippen LogP contribution in [0.15, 0.2) is 36.4 Å². The van der Waals surface area contributed by atoms with Gasteiger partial charge in [0.2, 0.25) is 12.7 Å². The van der Waals surface area contributed by atoms with E-state index in [1.165, 1.54) is 18.3 Å². The van der Waals surface area contributed by atoms with Crippen molar-refractivity contribution in [1.29, 1.82) is 5.26 Å². The number of carbonyl (C=O) groups excluding carboxylic acids is 1. The quantitative estimate of drug-likeness (QED) is 0.810. The van der Waals surface area contributed by atoms with Crippen molar-refractivity contribution in [2.75, 3.05) is 20.5 Å². The Morgan fingerprint density at radius 1 is 1.45 bits per heavy atom. The molecule has 1 aromatic carbocycles. The van der Waals surface area contributed by atoms with Gasteiger partial charge in [-0.15, -0.1) is 0 Å². The van der Waals surface area contributed by atoms with E-state index in [2.05, 4.69) is 0 Å². The summed E-state index contributed by atoms with van der Waals surface area (Å²) in [6.07, 6.45) is 1.40. The smallest absolute Gasteiger partial charge is 0.255 e. The minimum Gasteiger partial charge on any atom is -0.459 e. The van der Waals surface area contributed by atoms with Crippen LogP contribution < -0.4 is 0 Å². The van der Waals surface area contributed by atoms with E-state index in [-0.39, 0.29) is 19.3 Å². The third-order valence-corrected chi connectivity index (χ3v) is 2.72. The van der Waals surface area contributed by atoms with Gasteiger partial charge in [-0.2, -0.15) is 5.26 Å². The molecule has 20 heavy (non-hydrogen) atoms. The summed E-state index contributed by atoms with van der Waals surface area (Å²) in [5, 5.41) is 8.76. The molecule has 1 aliphatic heterocycles. The average Bonchev–Trinajstić information content (AvgIpc) is 2.99. The summed E-state index contributed by atoms with van der Waals surface area (Å²) >= 11 is 0. The molecule has 1 amide bonds. The first-order valence-electron chi connectivity index (χ1n) is 5.97. The first kappa shape index (κ1) is 13.9. The van der Waals surface area contributed by atoms with Crippen LogP contribution in [0, 0.1) is 11.3 Å². The van der Waals surface area contributed by atoms with Crippen molar-refractivity contribution in [3.63, 3.8) is 0 Å². The molecule has 0 unspecified atom stereocenters. The summed E-state index contributed by atoms with van der Waals surface area (Å²) in [6, 6.07) is 9.04. The Labute approximate surface area is 116 Å². The number of rotatable bonds is 5. The number of hydrogen-bond donors (Lipinski definition) is 0. The predicted octanol–water partition coefficient (Wildman–Crippen LogP) is 1.34. The van der Waals surface area contributed by atoms with Crippen molar-refractivity contribution in [3.8, 4) is 6.07 Å². The molecule has 1 heterocycles. The molecule has 2 rings (SSSR count). The minimum absolute atomic E-state index is 0.0447. The first-order chi connectivity index (χ1) is 9.74. The second kappa shape index (κ2) is 6.59. The number of nitriles is 1. The topological polar surface area (TPSA) is 71.8 Å². The molecule has 0 aliphatic carbocycles. The van der Waals surface area contributed by atoms with Gasteiger partial charge in [0, 0.05) is 7.11 Å². The van der Waals surface area contributed by atoms with Crippen LogP contribution in [0.4, 0.5) is 0 Å². The summed E-state index contributed by atoms with van der Waals surface area (Å²) in [4.78, 5) is 13.5. The van der Waals surface area contributed by atoms with E-state index in [1.54, 1.807) is 24.3 Å². The van der Waals surface area contributed by atoms with Crippen molar-refractivity contribution in [1.82, 2.24) is 4.90 Å². The molecule has 0 radical (unpaired) electrons. The molecule has 104 valence electrons. The lowest BCUT2D eigenvalue weighted by atomic mass is 10.1. The van der Waals surface area contributed by atoms with E-state index in [0.29, 0.717) is 18.0 Å². The van der Waals surface area contributed by atoms with Crippen molar-refractivity contribution in [2.24, 2.45) is 0 Å².